The molecule has 1 aliphatic carbocycles. The maximum atomic E-state index is 6.21. The molecule has 2 heterocycles. The second-order valence-electron chi connectivity index (χ2n) is 4.84. The highest BCUT2D eigenvalue weighted by Crippen LogP contribution is 2.41. The Bertz CT molecular complexity index is 419. The Morgan fingerprint density at radius 1 is 1.50 bits per heavy atom. The number of hydrogen-bond donors (Lipinski definition) is 1. The Morgan fingerprint density at radius 3 is 2.94 bits per heavy atom. The Kier molecular flexibility index (Phi) is 3.31. The zero-order chi connectivity index (χ0) is 12.6. The number of nitrogens with two attached hydrogens (primary N) is 1. The summed E-state index contributed by atoms with van der Waals surface area (Å²) in [5.41, 5.74) is 6.21. The quantitative estimate of drug-likeness (QED) is 0.845. The summed E-state index contributed by atoms with van der Waals surface area (Å²) in [4.78, 5) is 4.24. The summed E-state index contributed by atoms with van der Waals surface area (Å²) in [5.74, 6) is -0.397. The number of rotatable bonds is 2. The Balaban J connectivity index is 1.72. The standard InChI is InChI=1S/C11H18N4O2S/c1-15-10(13-7-14-15)18-9-6-11(3-2-8(9)12)16-4-5-17-11/h7-9H,2-6,12H2,1H3. The van der Waals surface area contributed by atoms with Gasteiger partial charge in [0.2, 0.25) is 0 Å². The third kappa shape index (κ3) is 2.27. The van der Waals surface area contributed by atoms with Gasteiger partial charge in [-0.1, -0.05) is 11.8 Å². The van der Waals surface area contributed by atoms with Crippen molar-refractivity contribution in [2.45, 2.75) is 41.5 Å². The molecule has 1 aromatic heterocycles. The van der Waals surface area contributed by atoms with Crippen LogP contribution in [0.5, 0.6) is 0 Å². The van der Waals surface area contributed by atoms with Crippen molar-refractivity contribution < 1.29 is 9.47 Å². The van der Waals surface area contributed by atoms with E-state index in [0.29, 0.717) is 13.2 Å². The van der Waals surface area contributed by atoms with Gasteiger partial charge in [-0.05, 0) is 6.42 Å². The van der Waals surface area contributed by atoms with E-state index in [1.54, 1.807) is 22.8 Å². The van der Waals surface area contributed by atoms with Gasteiger partial charge in [0.15, 0.2) is 10.9 Å². The van der Waals surface area contributed by atoms with Crippen LogP contribution in [0.3, 0.4) is 0 Å². The van der Waals surface area contributed by atoms with Gasteiger partial charge < -0.3 is 15.2 Å². The first-order valence-electron chi connectivity index (χ1n) is 6.23. The first-order chi connectivity index (χ1) is 8.69. The second-order valence-corrected chi connectivity index (χ2v) is 6.04. The minimum absolute atomic E-state index is 0.158. The summed E-state index contributed by atoms with van der Waals surface area (Å²) < 4.78 is 13.3. The van der Waals surface area contributed by atoms with Crippen molar-refractivity contribution in [2.24, 2.45) is 12.8 Å². The van der Waals surface area contributed by atoms with E-state index in [9.17, 15) is 0 Å². The highest BCUT2D eigenvalue weighted by molar-refractivity contribution is 7.99. The number of aromatic nitrogens is 3. The van der Waals surface area contributed by atoms with Crippen LogP contribution in [0.4, 0.5) is 0 Å². The minimum atomic E-state index is -0.397. The molecule has 2 aliphatic rings. The fraction of sp³-hybridized carbons (Fsp3) is 0.818. The average molecular weight is 270 g/mol. The van der Waals surface area contributed by atoms with Crippen molar-refractivity contribution in [3.05, 3.63) is 6.33 Å². The van der Waals surface area contributed by atoms with Gasteiger partial charge in [-0.2, -0.15) is 5.10 Å². The lowest BCUT2D eigenvalue weighted by Gasteiger charge is -2.39. The summed E-state index contributed by atoms with van der Waals surface area (Å²) >= 11 is 1.67. The van der Waals surface area contributed by atoms with Crippen molar-refractivity contribution >= 4 is 11.8 Å². The SMILES string of the molecule is Cn1ncnc1SC1CC2(CCC1N)OCCO2. The summed E-state index contributed by atoms with van der Waals surface area (Å²) in [5, 5.41) is 5.24. The summed E-state index contributed by atoms with van der Waals surface area (Å²) in [7, 11) is 1.89. The molecule has 2 atom stereocenters. The summed E-state index contributed by atoms with van der Waals surface area (Å²) in [6.45, 7) is 1.38. The maximum absolute atomic E-state index is 6.21. The van der Waals surface area contributed by atoms with E-state index < -0.39 is 5.79 Å². The molecule has 2 fully saturated rings. The summed E-state index contributed by atoms with van der Waals surface area (Å²) in [6, 6.07) is 0.158. The van der Waals surface area contributed by atoms with Crippen molar-refractivity contribution in [1.29, 1.82) is 0 Å². The normalized spacial score (nSPS) is 31.0. The van der Waals surface area contributed by atoms with Crippen molar-refractivity contribution in [1.82, 2.24) is 14.8 Å². The van der Waals surface area contributed by atoms with Gasteiger partial charge in [-0.25, -0.2) is 9.67 Å². The molecule has 1 saturated heterocycles. The number of nitrogens with zero attached hydrogens (tertiary/aromatic N) is 3. The molecule has 0 radical (unpaired) electrons. The van der Waals surface area contributed by atoms with Gasteiger partial charge in [0.1, 0.15) is 6.33 Å². The van der Waals surface area contributed by atoms with E-state index in [1.165, 1.54) is 0 Å². The molecule has 1 aliphatic heterocycles. The van der Waals surface area contributed by atoms with Crippen LogP contribution >= 0.6 is 11.8 Å². The monoisotopic (exact) mass is 270 g/mol. The van der Waals surface area contributed by atoms with Crippen LogP contribution in [-0.4, -0.2) is 45.1 Å². The van der Waals surface area contributed by atoms with Gasteiger partial charge in [0, 0.05) is 31.2 Å². The lowest BCUT2D eigenvalue weighted by molar-refractivity contribution is -0.176. The van der Waals surface area contributed by atoms with E-state index >= 15 is 0 Å². The van der Waals surface area contributed by atoms with Crippen LogP contribution in [0.15, 0.2) is 11.5 Å². The molecule has 7 heteroatoms. The third-order valence-electron chi connectivity index (χ3n) is 3.59. The fourth-order valence-corrected chi connectivity index (χ4v) is 3.78. The molecule has 0 bridgehead atoms. The first-order valence-corrected chi connectivity index (χ1v) is 7.11. The van der Waals surface area contributed by atoms with Crippen LogP contribution in [0.25, 0.3) is 0 Å². The molecule has 2 unspecified atom stereocenters. The van der Waals surface area contributed by atoms with E-state index in [-0.39, 0.29) is 11.3 Å². The Morgan fingerprint density at radius 2 is 2.28 bits per heavy atom. The zero-order valence-corrected chi connectivity index (χ0v) is 11.2. The molecular formula is C11H18N4O2S. The van der Waals surface area contributed by atoms with Crippen molar-refractivity contribution in [2.75, 3.05) is 13.2 Å². The van der Waals surface area contributed by atoms with Crippen molar-refractivity contribution in [3.63, 3.8) is 0 Å². The van der Waals surface area contributed by atoms with Crippen LogP contribution < -0.4 is 5.73 Å². The maximum Gasteiger partial charge on any atom is 0.186 e. The second kappa shape index (κ2) is 4.80. The molecule has 0 aromatic carbocycles. The Labute approximate surface area is 110 Å². The van der Waals surface area contributed by atoms with Crippen LogP contribution in [-0.2, 0) is 16.5 Å². The largest absolute Gasteiger partial charge is 0.347 e. The number of hydrogen-bond acceptors (Lipinski definition) is 6. The number of aryl methyl sites for hydroxylation is 1. The van der Waals surface area contributed by atoms with E-state index in [4.69, 9.17) is 15.2 Å². The zero-order valence-electron chi connectivity index (χ0n) is 10.4. The average Bonchev–Trinajstić information content (AvgIpc) is 2.96. The molecule has 1 aromatic rings. The van der Waals surface area contributed by atoms with Crippen LogP contribution in [0, 0.1) is 0 Å². The molecule has 2 N–H and O–H groups in total. The summed E-state index contributed by atoms with van der Waals surface area (Å²) in [6.07, 6.45) is 4.21. The molecule has 100 valence electrons. The molecule has 3 rings (SSSR count). The highest BCUT2D eigenvalue weighted by atomic mass is 32.2. The molecule has 1 spiro atoms. The molecular weight excluding hydrogens is 252 g/mol. The predicted octanol–water partition coefficient (Wildman–Crippen LogP) is 0.530. The predicted molar refractivity (Wildman–Crippen MR) is 67.1 cm³/mol. The molecule has 0 amide bonds. The highest BCUT2D eigenvalue weighted by Gasteiger charge is 2.44. The van der Waals surface area contributed by atoms with Crippen LogP contribution in [0.1, 0.15) is 19.3 Å². The molecule has 1 saturated carbocycles. The third-order valence-corrected chi connectivity index (χ3v) is 4.99. The minimum Gasteiger partial charge on any atom is -0.347 e. The Hall–Kier alpha value is -0.630. The lowest BCUT2D eigenvalue weighted by Crippen LogP contribution is -2.47. The van der Waals surface area contributed by atoms with Gasteiger partial charge in [0.25, 0.3) is 0 Å². The van der Waals surface area contributed by atoms with Gasteiger partial charge in [0.05, 0.1) is 13.2 Å². The van der Waals surface area contributed by atoms with Crippen molar-refractivity contribution in [3.8, 4) is 0 Å². The lowest BCUT2D eigenvalue weighted by atomic mass is 9.90. The topological polar surface area (TPSA) is 75.2 Å². The van der Waals surface area contributed by atoms with E-state index in [0.717, 1.165) is 24.4 Å². The van der Waals surface area contributed by atoms with Gasteiger partial charge in [-0.3, -0.25) is 0 Å². The number of thioether (sulfide) groups is 1. The fourth-order valence-electron chi connectivity index (χ4n) is 2.55. The van der Waals surface area contributed by atoms with Crippen LogP contribution in [0.2, 0.25) is 0 Å². The van der Waals surface area contributed by atoms with E-state index in [2.05, 4.69) is 10.1 Å². The van der Waals surface area contributed by atoms with Gasteiger partial charge >= 0.3 is 0 Å². The number of ether oxygens (including phenoxy) is 2. The molecule has 18 heavy (non-hydrogen) atoms. The van der Waals surface area contributed by atoms with E-state index in [1.807, 2.05) is 7.05 Å². The smallest absolute Gasteiger partial charge is 0.186 e. The first kappa shape index (κ1) is 12.4. The van der Waals surface area contributed by atoms with Gasteiger partial charge in [-0.15, -0.1) is 0 Å². The molecule has 6 nitrogen and oxygen atoms in total.